The van der Waals surface area contributed by atoms with Crippen LogP contribution in [0, 0.1) is 0 Å². The summed E-state index contributed by atoms with van der Waals surface area (Å²) in [5.74, 6) is 0.792. The van der Waals surface area contributed by atoms with E-state index in [1.165, 1.54) is 20.3 Å². The Morgan fingerprint density at radius 2 is 2.12 bits per heavy atom. The van der Waals surface area contributed by atoms with Crippen LogP contribution in [0.15, 0.2) is 12.1 Å². The molecule has 0 heterocycles. The lowest BCUT2D eigenvalue weighted by atomic mass is 10.0. The van der Waals surface area contributed by atoms with Crippen LogP contribution in [-0.2, 0) is 0 Å². The number of hydrogen-bond acceptors (Lipinski definition) is 5. The second-order valence-electron chi connectivity index (χ2n) is 3.21. The van der Waals surface area contributed by atoms with E-state index in [2.05, 4.69) is 0 Å². The first-order valence-electron chi connectivity index (χ1n) is 4.77. The first-order chi connectivity index (χ1) is 7.67. The van der Waals surface area contributed by atoms with Gasteiger partial charge in [-0.15, -0.1) is 0 Å². The molecule has 0 saturated heterocycles. The first kappa shape index (κ1) is 12.5. The number of aldehydes is 1. The molecule has 0 bridgehead atoms. The van der Waals surface area contributed by atoms with Gasteiger partial charge in [0.2, 0.25) is 0 Å². The summed E-state index contributed by atoms with van der Waals surface area (Å²) in [5, 5.41) is 9.70. The standard InChI is InChI=1S/C11H15NO4/c1-15-10-4-7(6-13)3-8(9(14)5-12)11(10)16-2/h3-4,6,9,14H,5,12H2,1-2H3. The number of nitrogens with two attached hydrogens (primary N) is 1. The van der Waals surface area contributed by atoms with Gasteiger partial charge in [-0.2, -0.15) is 0 Å². The Morgan fingerprint density at radius 1 is 1.44 bits per heavy atom. The predicted molar refractivity (Wildman–Crippen MR) is 58.9 cm³/mol. The minimum atomic E-state index is -0.885. The van der Waals surface area contributed by atoms with Crippen LogP contribution in [-0.4, -0.2) is 32.2 Å². The summed E-state index contributed by atoms with van der Waals surface area (Å²) in [5.41, 5.74) is 6.23. The Bertz CT molecular complexity index is 378. The Labute approximate surface area is 93.8 Å². The van der Waals surface area contributed by atoms with E-state index in [1.54, 1.807) is 6.07 Å². The maximum atomic E-state index is 10.7. The molecular formula is C11H15NO4. The first-order valence-corrected chi connectivity index (χ1v) is 4.77. The van der Waals surface area contributed by atoms with Crippen LogP contribution in [0.4, 0.5) is 0 Å². The van der Waals surface area contributed by atoms with Crippen molar-refractivity contribution in [2.75, 3.05) is 20.8 Å². The third-order valence-electron chi connectivity index (χ3n) is 2.25. The number of aliphatic hydroxyl groups is 1. The number of benzene rings is 1. The van der Waals surface area contributed by atoms with Gasteiger partial charge in [0.05, 0.1) is 20.3 Å². The molecule has 1 rings (SSSR count). The van der Waals surface area contributed by atoms with Crippen molar-refractivity contribution in [3.05, 3.63) is 23.3 Å². The fraction of sp³-hybridized carbons (Fsp3) is 0.364. The molecule has 1 unspecified atom stereocenters. The smallest absolute Gasteiger partial charge is 0.166 e. The van der Waals surface area contributed by atoms with Gasteiger partial charge in [0.1, 0.15) is 6.29 Å². The van der Waals surface area contributed by atoms with Gasteiger partial charge >= 0.3 is 0 Å². The molecule has 0 aliphatic carbocycles. The number of ether oxygens (including phenoxy) is 2. The zero-order chi connectivity index (χ0) is 12.1. The second kappa shape index (κ2) is 5.48. The number of hydrogen-bond donors (Lipinski definition) is 2. The minimum absolute atomic E-state index is 0.0435. The van der Waals surface area contributed by atoms with E-state index in [-0.39, 0.29) is 6.54 Å². The average molecular weight is 225 g/mol. The zero-order valence-electron chi connectivity index (χ0n) is 9.27. The number of carbonyl (C=O) groups is 1. The molecule has 0 aromatic heterocycles. The molecule has 1 atom stereocenters. The van der Waals surface area contributed by atoms with Crippen molar-refractivity contribution < 1.29 is 19.4 Å². The second-order valence-corrected chi connectivity index (χ2v) is 3.21. The lowest BCUT2D eigenvalue weighted by Gasteiger charge is -2.16. The summed E-state index contributed by atoms with van der Waals surface area (Å²) in [7, 11) is 2.93. The lowest BCUT2D eigenvalue weighted by molar-refractivity contribution is 0.112. The van der Waals surface area contributed by atoms with Crippen LogP contribution in [0.5, 0.6) is 11.5 Å². The monoisotopic (exact) mass is 225 g/mol. The normalized spacial score (nSPS) is 12.0. The summed E-state index contributed by atoms with van der Waals surface area (Å²) in [6.45, 7) is 0.0435. The van der Waals surface area contributed by atoms with Crippen molar-refractivity contribution in [2.45, 2.75) is 6.10 Å². The Morgan fingerprint density at radius 3 is 2.56 bits per heavy atom. The van der Waals surface area contributed by atoms with Crippen molar-refractivity contribution in [2.24, 2.45) is 5.73 Å². The van der Waals surface area contributed by atoms with Gasteiger partial charge in [0, 0.05) is 17.7 Å². The van der Waals surface area contributed by atoms with Crippen molar-refractivity contribution in [3.8, 4) is 11.5 Å². The maximum Gasteiger partial charge on any atom is 0.166 e. The fourth-order valence-electron chi connectivity index (χ4n) is 1.46. The lowest BCUT2D eigenvalue weighted by Crippen LogP contribution is -2.13. The fourth-order valence-corrected chi connectivity index (χ4v) is 1.46. The summed E-state index contributed by atoms with van der Waals surface area (Å²) >= 11 is 0. The van der Waals surface area contributed by atoms with Gasteiger partial charge in [-0.1, -0.05) is 0 Å². The van der Waals surface area contributed by atoms with Crippen LogP contribution in [0.3, 0.4) is 0 Å². The molecule has 3 N–H and O–H groups in total. The Balaban J connectivity index is 3.36. The van der Waals surface area contributed by atoms with Crippen molar-refractivity contribution in [3.63, 3.8) is 0 Å². The number of rotatable bonds is 5. The van der Waals surface area contributed by atoms with Gasteiger partial charge in [-0.3, -0.25) is 4.79 Å². The van der Waals surface area contributed by atoms with Gasteiger partial charge in [-0.25, -0.2) is 0 Å². The Hall–Kier alpha value is -1.59. The van der Waals surface area contributed by atoms with Gasteiger partial charge in [0.15, 0.2) is 11.5 Å². The highest BCUT2D eigenvalue weighted by Crippen LogP contribution is 2.35. The van der Waals surface area contributed by atoms with Crippen molar-refractivity contribution in [1.29, 1.82) is 0 Å². The van der Waals surface area contributed by atoms with E-state index in [1.807, 2.05) is 0 Å². The summed E-state index contributed by atoms with van der Waals surface area (Å²) < 4.78 is 10.2. The molecule has 1 aromatic rings. The van der Waals surface area contributed by atoms with Gasteiger partial charge < -0.3 is 20.3 Å². The third-order valence-corrected chi connectivity index (χ3v) is 2.25. The van der Waals surface area contributed by atoms with E-state index in [0.29, 0.717) is 28.9 Å². The molecule has 16 heavy (non-hydrogen) atoms. The molecule has 0 aliphatic heterocycles. The molecule has 0 spiro atoms. The van der Waals surface area contributed by atoms with E-state index in [0.717, 1.165) is 0 Å². The topological polar surface area (TPSA) is 81.8 Å². The molecule has 5 heteroatoms. The molecule has 1 aromatic carbocycles. The molecular weight excluding hydrogens is 210 g/mol. The number of carbonyl (C=O) groups excluding carboxylic acids is 1. The molecule has 0 radical (unpaired) electrons. The largest absolute Gasteiger partial charge is 0.493 e. The molecule has 0 saturated carbocycles. The van der Waals surface area contributed by atoms with Gasteiger partial charge in [-0.05, 0) is 12.1 Å². The van der Waals surface area contributed by atoms with Crippen LogP contribution in [0.2, 0.25) is 0 Å². The highest BCUT2D eigenvalue weighted by molar-refractivity contribution is 5.77. The van der Waals surface area contributed by atoms with E-state index < -0.39 is 6.10 Å². The third kappa shape index (κ3) is 2.32. The van der Waals surface area contributed by atoms with Crippen LogP contribution < -0.4 is 15.2 Å². The molecule has 0 aliphatic rings. The maximum absolute atomic E-state index is 10.7. The molecule has 0 amide bonds. The van der Waals surface area contributed by atoms with Crippen LogP contribution >= 0.6 is 0 Å². The van der Waals surface area contributed by atoms with Crippen molar-refractivity contribution in [1.82, 2.24) is 0 Å². The minimum Gasteiger partial charge on any atom is -0.493 e. The van der Waals surface area contributed by atoms with Crippen LogP contribution in [0.25, 0.3) is 0 Å². The highest BCUT2D eigenvalue weighted by Gasteiger charge is 2.17. The molecule has 5 nitrogen and oxygen atoms in total. The predicted octanol–water partition coefficient (Wildman–Crippen LogP) is 0.508. The van der Waals surface area contributed by atoms with Crippen LogP contribution in [0.1, 0.15) is 22.0 Å². The summed E-state index contributed by atoms with van der Waals surface area (Å²) in [6.07, 6.45) is -0.210. The van der Waals surface area contributed by atoms with E-state index in [9.17, 15) is 9.90 Å². The summed E-state index contributed by atoms with van der Waals surface area (Å²) in [6, 6.07) is 3.07. The average Bonchev–Trinajstić information content (AvgIpc) is 2.35. The summed E-state index contributed by atoms with van der Waals surface area (Å²) in [4.78, 5) is 10.7. The number of methoxy groups -OCH3 is 2. The Kier molecular flexibility index (Phi) is 4.28. The molecule has 88 valence electrons. The molecule has 0 fully saturated rings. The van der Waals surface area contributed by atoms with E-state index in [4.69, 9.17) is 15.2 Å². The van der Waals surface area contributed by atoms with E-state index >= 15 is 0 Å². The van der Waals surface area contributed by atoms with Crippen molar-refractivity contribution >= 4 is 6.29 Å². The zero-order valence-corrected chi connectivity index (χ0v) is 9.27. The SMILES string of the molecule is COc1cc(C=O)cc(C(O)CN)c1OC. The van der Waals surface area contributed by atoms with Gasteiger partial charge in [0.25, 0.3) is 0 Å². The highest BCUT2D eigenvalue weighted by atomic mass is 16.5. The quantitative estimate of drug-likeness (QED) is 0.713. The number of aliphatic hydroxyl groups excluding tert-OH is 1.